The molecule has 0 fully saturated rings. The zero-order valence-corrected chi connectivity index (χ0v) is 13.1. The molecule has 2 N–H and O–H groups in total. The molecule has 0 saturated heterocycles. The molecule has 1 aromatic heterocycles. The van der Waals surface area contributed by atoms with E-state index in [2.05, 4.69) is 10.3 Å². The van der Waals surface area contributed by atoms with E-state index in [1.807, 2.05) is 0 Å². The van der Waals surface area contributed by atoms with Gasteiger partial charge in [-0.15, -0.1) is 0 Å². The SMILES string of the molecule is COc1ccc2ncc(C(=O)O)c(Nc3cccc([N+](=O)[O-])c3)c2c1. The van der Waals surface area contributed by atoms with Crippen LogP contribution in [0.4, 0.5) is 17.1 Å². The van der Waals surface area contributed by atoms with Crippen LogP contribution in [-0.4, -0.2) is 28.1 Å². The summed E-state index contributed by atoms with van der Waals surface area (Å²) in [5.74, 6) is -0.621. The summed E-state index contributed by atoms with van der Waals surface area (Å²) in [6, 6.07) is 10.9. The number of rotatable bonds is 5. The lowest BCUT2D eigenvalue weighted by Crippen LogP contribution is -2.05. The monoisotopic (exact) mass is 339 g/mol. The van der Waals surface area contributed by atoms with Gasteiger partial charge in [0, 0.05) is 29.4 Å². The highest BCUT2D eigenvalue weighted by atomic mass is 16.6. The minimum atomic E-state index is -1.16. The highest BCUT2D eigenvalue weighted by Crippen LogP contribution is 2.32. The lowest BCUT2D eigenvalue weighted by molar-refractivity contribution is -0.384. The maximum Gasteiger partial charge on any atom is 0.339 e. The number of carboxylic acids is 1. The highest BCUT2D eigenvalue weighted by molar-refractivity contribution is 6.05. The fourth-order valence-corrected chi connectivity index (χ4v) is 2.44. The number of carbonyl (C=O) groups is 1. The molecular formula is C17H13N3O5. The molecular weight excluding hydrogens is 326 g/mol. The van der Waals surface area contributed by atoms with Gasteiger partial charge >= 0.3 is 5.97 Å². The lowest BCUT2D eigenvalue weighted by Gasteiger charge is -2.13. The van der Waals surface area contributed by atoms with Crippen molar-refractivity contribution in [3.05, 3.63) is 64.3 Å². The second kappa shape index (κ2) is 6.44. The third-order valence-electron chi connectivity index (χ3n) is 3.63. The van der Waals surface area contributed by atoms with Gasteiger partial charge in [-0.2, -0.15) is 0 Å². The first-order chi connectivity index (χ1) is 12.0. The number of pyridine rings is 1. The first kappa shape index (κ1) is 16.2. The number of fused-ring (bicyclic) bond motifs is 1. The fraction of sp³-hybridized carbons (Fsp3) is 0.0588. The second-order valence-electron chi connectivity index (χ2n) is 5.17. The number of hydrogen-bond acceptors (Lipinski definition) is 6. The highest BCUT2D eigenvalue weighted by Gasteiger charge is 2.16. The van der Waals surface area contributed by atoms with Crippen molar-refractivity contribution in [3.63, 3.8) is 0 Å². The summed E-state index contributed by atoms with van der Waals surface area (Å²) in [7, 11) is 1.50. The zero-order chi connectivity index (χ0) is 18.0. The van der Waals surface area contributed by atoms with Crippen LogP contribution in [0.1, 0.15) is 10.4 Å². The number of benzene rings is 2. The van der Waals surface area contributed by atoms with Crippen LogP contribution < -0.4 is 10.1 Å². The second-order valence-corrected chi connectivity index (χ2v) is 5.17. The third-order valence-corrected chi connectivity index (χ3v) is 3.63. The molecule has 25 heavy (non-hydrogen) atoms. The van der Waals surface area contributed by atoms with Crippen molar-refractivity contribution in [2.75, 3.05) is 12.4 Å². The summed E-state index contributed by atoms with van der Waals surface area (Å²) < 4.78 is 5.19. The van der Waals surface area contributed by atoms with E-state index in [1.165, 1.54) is 31.5 Å². The Labute approximate surface area is 141 Å². The van der Waals surface area contributed by atoms with Gasteiger partial charge in [-0.25, -0.2) is 4.79 Å². The maximum atomic E-state index is 11.6. The number of nitrogens with one attached hydrogen (secondary N) is 1. The molecule has 3 rings (SSSR count). The van der Waals surface area contributed by atoms with Crippen LogP contribution in [0.5, 0.6) is 5.75 Å². The Balaban J connectivity index is 2.18. The first-order valence-corrected chi connectivity index (χ1v) is 7.21. The van der Waals surface area contributed by atoms with Crippen molar-refractivity contribution in [1.82, 2.24) is 4.98 Å². The van der Waals surface area contributed by atoms with Crippen molar-refractivity contribution in [2.45, 2.75) is 0 Å². The number of aromatic nitrogens is 1. The molecule has 8 heteroatoms. The number of methoxy groups -OCH3 is 1. The molecule has 0 unspecified atom stereocenters. The van der Waals surface area contributed by atoms with Gasteiger partial charge in [0.2, 0.25) is 0 Å². The van der Waals surface area contributed by atoms with E-state index in [9.17, 15) is 20.0 Å². The maximum absolute atomic E-state index is 11.6. The molecule has 0 bridgehead atoms. The average molecular weight is 339 g/mol. The molecule has 0 amide bonds. The summed E-state index contributed by atoms with van der Waals surface area (Å²) in [6.45, 7) is 0. The summed E-state index contributed by atoms with van der Waals surface area (Å²) in [4.78, 5) is 26.1. The molecule has 0 radical (unpaired) electrons. The molecule has 1 heterocycles. The molecule has 2 aromatic carbocycles. The van der Waals surface area contributed by atoms with Crippen molar-refractivity contribution in [1.29, 1.82) is 0 Å². The van der Waals surface area contributed by atoms with Crippen LogP contribution in [0.15, 0.2) is 48.7 Å². The van der Waals surface area contributed by atoms with Crippen molar-refractivity contribution >= 4 is 33.9 Å². The quantitative estimate of drug-likeness (QED) is 0.539. The predicted octanol–water partition coefficient (Wildman–Crippen LogP) is 3.59. The lowest BCUT2D eigenvalue weighted by atomic mass is 10.1. The Morgan fingerprint density at radius 1 is 1.28 bits per heavy atom. The minimum Gasteiger partial charge on any atom is -0.497 e. The van der Waals surface area contributed by atoms with E-state index < -0.39 is 10.9 Å². The number of nitro groups is 1. The first-order valence-electron chi connectivity index (χ1n) is 7.21. The minimum absolute atomic E-state index is 0.0488. The number of nitro benzene ring substituents is 1. The van der Waals surface area contributed by atoms with Crippen molar-refractivity contribution in [3.8, 4) is 5.75 Å². The Morgan fingerprint density at radius 2 is 2.08 bits per heavy atom. The van der Waals surface area contributed by atoms with Crippen LogP contribution in [0.25, 0.3) is 10.9 Å². The number of hydrogen-bond donors (Lipinski definition) is 2. The van der Waals surface area contributed by atoms with E-state index in [0.717, 1.165) is 0 Å². The molecule has 0 aliphatic carbocycles. The molecule has 8 nitrogen and oxygen atoms in total. The summed E-state index contributed by atoms with van der Waals surface area (Å²) in [6.07, 6.45) is 1.25. The Bertz CT molecular complexity index is 987. The van der Waals surface area contributed by atoms with Crippen LogP contribution in [-0.2, 0) is 0 Å². The fourth-order valence-electron chi connectivity index (χ4n) is 2.44. The molecule has 126 valence electrons. The number of carboxylic acid groups (broad SMARTS) is 1. The number of nitrogens with zero attached hydrogens (tertiary/aromatic N) is 2. The number of non-ortho nitro benzene ring substituents is 1. The number of ether oxygens (including phenoxy) is 1. The Kier molecular flexibility index (Phi) is 4.17. The van der Waals surface area contributed by atoms with E-state index in [1.54, 1.807) is 24.3 Å². The number of aromatic carboxylic acids is 1. The zero-order valence-electron chi connectivity index (χ0n) is 13.1. The average Bonchev–Trinajstić information content (AvgIpc) is 2.61. The molecule has 0 aliphatic rings. The van der Waals surface area contributed by atoms with Gasteiger partial charge < -0.3 is 15.2 Å². The van der Waals surface area contributed by atoms with Crippen LogP contribution in [0.2, 0.25) is 0 Å². The van der Waals surface area contributed by atoms with Gasteiger partial charge in [0.25, 0.3) is 5.69 Å². The Hall–Kier alpha value is -3.68. The molecule has 0 aliphatic heterocycles. The van der Waals surface area contributed by atoms with E-state index in [4.69, 9.17) is 4.74 Å². The summed E-state index contributed by atoms with van der Waals surface area (Å²) >= 11 is 0. The van der Waals surface area contributed by atoms with E-state index >= 15 is 0 Å². The Morgan fingerprint density at radius 3 is 2.76 bits per heavy atom. The molecule has 0 saturated carbocycles. The summed E-state index contributed by atoms with van der Waals surface area (Å²) in [5, 5.41) is 23.9. The van der Waals surface area contributed by atoms with Crippen LogP contribution >= 0.6 is 0 Å². The number of anilines is 2. The summed E-state index contributed by atoms with van der Waals surface area (Å²) in [5.41, 5.74) is 1.10. The molecule has 0 atom stereocenters. The largest absolute Gasteiger partial charge is 0.497 e. The van der Waals surface area contributed by atoms with Crippen LogP contribution in [0, 0.1) is 10.1 Å². The topological polar surface area (TPSA) is 115 Å². The van der Waals surface area contributed by atoms with Crippen molar-refractivity contribution in [2.24, 2.45) is 0 Å². The van der Waals surface area contributed by atoms with Crippen molar-refractivity contribution < 1.29 is 19.6 Å². The van der Waals surface area contributed by atoms with Gasteiger partial charge in [0.15, 0.2) is 0 Å². The molecule has 0 spiro atoms. The van der Waals surface area contributed by atoms with Gasteiger partial charge in [-0.1, -0.05) is 6.07 Å². The van der Waals surface area contributed by atoms with E-state index in [0.29, 0.717) is 22.3 Å². The third kappa shape index (κ3) is 3.18. The standard InChI is InChI=1S/C17H13N3O5/c1-25-12-5-6-15-13(8-12)16(14(9-18-15)17(21)22)19-10-3-2-4-11(7-10)20(23)24/h2-9H,1H3,(H,18,19)(H,21,22). The molecule has 3 aromatic rings. The van der Waals surface area contributed by atoms with Crippen LogP contribution in [0.3, 0.4) is 0 Å². The van der Waals surface area contributed by atoms with E-state index in [-0.39, 0.29) is 16.9 Å². The van der Waals surface area contributed by atoms with Gasteiger partial charge in [0.1, 0.15) is 11.3 Å². The van der Waals surface area contributed by atoms with Gasteiger partial charge in [0.05, 0.1) is 23.2 Å². The normalized spacial score (nSPS) is 10.4. The predicted molar refractivity (Wildman–Crippen MR) is 91.6 cm³/mol. The van der Waals surface area contributed by atoms with Gasteiger partial charge in [-0.05, 0) is 24.3 Å². The van der Waals surface area contributed by atoms with Gasteiger partial charge in [-0.3, -0.25) is 15.1 Å². The smallest absolute Gasteiger partial charge is 0.339 e.